The number of nitrogens with two attached hydrogens (primary N) is 2. The summed E-state index contributed by atoms with van der Waals surface area (Å²) in [4.78, 5) is 9.07. The Hall–Kier alpha value is -1.39. The molecule has 2 heterocycles. The number of ether oxygens (including phenoxy) is 1. The summed E-state index contributed by atoms with van der Waals surface area (Å²) in [5.74, 6) is 0.0662. The van der Waals surface area contributed by atoms with Crippen molar-refractivity contribution in [2.24, 2.45) is 0 Å². The second-order valence-corrected chi connectivity index (χ2v) is 5.46. The molecule has 21 heavy (non-hydrogen) atoms. The molecule has 0 spiro atoms. The van der Waals surface area contributed by atoms with Gasteiger partial charge in [0.1, 0.15) is 23.5 Å². The second-order valence-electron chi connectivity index (χ2n) is 5.10. The van der Waals surface area contributed by atoms with Gasteiger partial charge in [0.25, 0.3) is 0 Å². The van der Waals surface area contributed by atoms with Crippen molar-refractivity contribution in [1.29, 1.82) is 0 Å². The lowest BCUT2D eigenvalue weighted by Crippen LogP contribution is -2.52. The van der Waals surface area contributed by atoms with Crippen LogP contribution < -0.4 is 16.4 Å². The summed E-state index contributed by atoms with van der Waals surface area (Å²) in [6.45, 7) is 0.945. The highest BCUT2D eigenvalue weighted by atomic mass is 35.5. The Kier molecular flexibility index (Phi) is 4.13. The summed E-state index contributed by atoms with van der Waals surface area (Å²) in [6, 6.07) is 0. The quantitative estimate of drug-likeness (QED) is 0.422. The molecule has 4 atom stereocenters. The maximum absolute atomic E-state index is 10.4. The Morgan fingerprint density at radius 2 is 2.05 bits per heavy atom. The molecule has 0 aromatic carbocycles. The fraction of sp³-hybridized carbons (Fsp3) is 0.636. The molecule has 4 unspecified atom stereocenters. The van der Waals surface area contributed by atoms with E-state index in [9.17, 15) is 15.3 Å². The molecule has 2 rings (SSSR count). The Balaban J connectivity index is 2.39. The van der Waals surface area contributed by atoms with Crippen LogP contribution in [0, 0.1) is 0 Å². The summed E-state index contributed by atoms with van der Waals surface area (Å²) in [7, 11) is 1.54. The molecular formula is C11H18ClN5O4. The SMILES string of the molecule is CN(c1nc(N)nc(Cl)c1N)C1OC(CO)C(O)C1(C)O. The van der Waals surface area contributed by atoms with Gasteiger partial charge in [-0.25, -0.2) is 0 Å². The van der Waals surface area contributed by atoms with E-state index in [1.807, 2.05) is 0 Å². The number of aromatic nitrogens is 2. The number of rotatable bonds is 3. The number of aliphatic hydroxyl groups is 3. The van der Waals surface area contributed by atoms with Gasteiger partial charge in [-0.15, -0.1) is 0 Å². The minimum absolute atomic E-state index is 0.0266. The van der Waals surface area contributed by atoms with Crippen LogP contribution in [0.2, 0.25) is 5.15 Å². The van der Waals surface area contributed by atoms with Crippen molar-refractivity contribution in [3.8, 4) is 0 Å². The maximum atomic E-state index is 10.4. The zero-order valence-corrected chi connectivity index (χ0v) is 12.3. The van der Waals surface area contributed by atoms with E-state index in [2.05, 4.69) is 9.97 Å². The molecule has 0 bridgehead atoms. The fourth-order valence-electron chi connectivity index (χ4n) is 2.35. The highest BCUT2D eigenvalue weighted by Gasteiger charge is 2.54. The number of nitrogens with zero attached hydrogens (tertiary/aromatic N) is 3. The van der Waals surface area contributed by atoms with Crippen LogP contribution in [-0.4, -0.2) is 63.0 Å². The average molecular weight is 320 g/mol. The van der Waals surface area contributed by atoms with E-state index >= 15 is 0 Å². The van der Waals surface area contributed by atoms with Crippen LogP contribution in [-0.2, 0) is 4.74 Å². The first kappa shape index (κ1) is 16.0. The van der Waals surface area contributed by atoms with Crippen molar-refractivity contribution < 1.29 is 20.1 Å². The molecule has 10 heteroatoms. The van der Waals surface area contributed by atoms with Gasteiger partial charge in [-0.3, -0.25) is 0 Å². The zero-order valence-electron chi connectivity index (χ0n) is 11.6. The van der Waals surface area contributed by atoms with Gasteiger partial charge in [-0.1, -0.05) is 11.6 Å². The second kappa shape index (κ2) is 5.43. The number of halogens is 1. The molecule has 0 saturated carbocycles. The molecule has 0 radical (unpaired) electrons. The van der Waals surface area contributed by atoms with Crippen LogP contribution in [0.25, 0.3) is 0 Å². The Labute approximate surface area is 126 Å². The largest absolute Gasteiger partial charge is 0.394 e. The predicted octanol–water partition coefficient (Wildman–Crippen LogP) is -1.44. The standard InChI is InChI=1S/C11H18ClN5O4/c1-11(20)6(19)4(3-18)21-9(11)17(2)8-5(13)7(12)15-10(14)16-8/h4,6,9,18-20H,3,13H2,1-2H3,(H2,14,15,16). The third-order valence-corrected chi connectivity index (χ3v) is 3.80. The van der Waals surface area contributed by atoms with Gasteiger partial charge < -0.3 is 36.4 Å². The van der Waals surface area contributed by atoms with Crippen molar-refractivity contribution >= 4 is 29.1 Å². The van der Waals surface area contributed by atoms with Gasteiger partial charge in [0.05, 0.1) is 6.61 Å². The van der Waals surface area contributed by atoms with E-state index in [-0.39, 0.29) is 22.6 Å². The van der Waals surface area contributed by atoms with Crippen LogP contribution in [0.4, 0.5) is 17.5 Å². The summed E-state index contributed by atoms with van der Waals surface area (Å²) in [6.07, 6.45) is -3.20. The topological polar surface area (TPSA) is 151 Å². The van der Waals surface area contributed by atoms with Gasteiger partial charge >= 0.3 is 0 Å². The molecule has 1 aromatic heterocycles. The lowest BCUT2D eigenvalue weighted by Gasteiger charge is -2.34. The summed E-state index contributed by atoms with van der Waals surface area (Å²) in [5, 5.41) is 29.5. The van der Waals surface area contributed by atoms with Gasteiger partial charge in [-0.05, 0) is 6.92 Å². The lowest BCUT2D eigenvalue weighted by molar-refractivity contribution is -0.0622. The zero-order chi connectivity index (χ0) is 15.9. The number of aliphatic hydroxyl groups excluding tert-OH is 2. The van der Waals surface area contributed by atoms with Crippen molar-refractivity contribution in [3.05, 3.63) is 5.15 Å². The molecule has 0 amide bonds. The molecular weight excluding hydrogens is 302 g/mol. The van der Waals surface area contributed by atoms with E-state index in [0.29, 0.717) is 0 Å². The van der Waals surface area contributed by atoms with Crippen LogP contribution >= 0.6 is 11.6 Å². The van der Waals surface area contributed by atoms with Gasteiger partial charge in [0.2, 0.25) is 5.95 Å². The van der Waals surface area contributed by atoms with Crippen molar-refractivity contribution in [1.82, 2.24) is 9.97 Å². The van der Waals surface area contributed by atoms with E-state index in [1.165, 1.54) is 11.8 Å². The highest BCUT2D eigenvalue weighted by Crippen LogP contribution is 2.37. The average Bonchev–Trinajstić information content (AvgIpc) is 2.64. The number of likely N-dealkylation sites (N-methyl/N-ethyl adjacent to an activating group) is 1. The highest BCUT2D eigenvalue weighted by molar-refractivity contribution is 6.32. The molecule has 1 aliphatic heterocycles. The number of hydrogen-bond acceptors (Lipinski definition) is 9. The molecule has 1 aromatic rings. The van der Waals surface area contributed by atoms with Gasteiger partial charge in [-0.2, -0.15) is 9.97 Å². The first-order valence-electron chi connectivity index (χ1n) is 6.18. The molecule has 1 aliphatic rings. The van der Waals surface area contributed by atoms with E-state index in [4.69, 9.17) is 27.8 Å². The van der Waals surface area contributed by atoms with Gasteiger partial charge in [0, 0.05) is 7.05 Å². The smallest absolute Gasteiger partial charge is 0.223 e. The Morgan fingerprint density at radius 1 is 1.43 bits per heavy atom. The molecule has 1 saturated heterocycles. The van der Waals surface area contributed by atoms with Gasteiger partial charge in [0.15, 0.2) is 17.2 Å². The Bertz CT molecular complexity index is 544. The fourth-order valence-corrected chi connectivity index (χ4v) is 2.52. The van der Waals surface area contributed by atoms with Crippen molar-refractivity contribution in [3.63, 3.8) is 0 Å². The monoisotopic (exact) mass is 319 g/mol. The predicted molar refractivity (Wildman–Crippen MR) is 76.6 cm³/mol. The number of nitrogen functional groups attached to an aromatic ring is 2. The summed E-state index contributed by atoms with van der Waals surface area (Å²) >= 11 is 5.85. The Morgan fingerprint density at radius 3 is 2.57 bits per heavy atom. The maximum Gasteiger partial charge on any atom is 0.223 e. The van der Waals surface area contributed by atoms with Crippen molar-refractivity contribution in [2.75, 3.05) is 30.0 Å². The molecule has 7 N–H and O–H groups in total. The molecule has 1 fully saturated rings. The van der Waals surface area contributed by atoms with Crippen molar-refractivity contribution in [2.45, 2.75) is 31.0 Å². The van der Waals surface area contributed by atoms with Crippen LogP contribution in [0.1, 0.15) is 6.92 Å². The van der Waals surface area contributed by atoms with Crippen LogP contribution in [0.15, 0.2) is 0 Å². The normalized spacial score (nSPS) is 32.4. The van der Waals surface area contributed by atoms with E-state index < -0.39 is 30.6 Å². The minimum atomic E-state index is -1.65. The first-order chi connectivity index (χ1) is 9.70. The van der Waals surface area contributed by atoms with Crippen LogP contribution in [0.3, 0.4) is 0 Å². The summed E-state index contributed by atoms with van der Waals surface area (Å²) in [5.41, 5.74) is 9.75. The van der Waals surface area contributed by atoms with E-state index in [0.717, 1.165) is 0 Å². The number of hydrogen-bond donors (Lipinski definition) is 5. The molecule has 118 valence electrons. The molecule has 0 aliphatic carbocycles. The van der Waals surface area contributed by atoms with E-state index in [1.54, 1.807) is 7.05 Å². The number of anilines is 3. The minimum Gasteiger partial charge on any atom is -0.394 e. The van der Waals surface area contributed by atoms with Crippen LogP contribution in [0.5, 0.6) is 0 Å². The summed E-state index contributed by atoms with van der Waals surface area (Å²) < 4.78 is 5.47. The first-order valence-corrected chi connectivity index (χ1v) is 6.56. The molecule has 9 nitrogen and oxygen atoms in total. The lowest BCUT2D eigenvalue weighted by atomic mass is 9.96. The third-order valence-electron chi connectivity index (χ3n) is 3.52. The third kappa shape index (κ3) is 2.58.